The number of carbonyl (C=O) groups is 3. The maximum Gasteiger partial charge on any atom is 0.410 e. The van der Waals surface area contributed by atoms with Crippen LogP contribution in [0.3, 0.4) is 0 Å². The predicted octanol–water partition coefficient (Wildman–Crippen LogP) is 4.32. The molecule has 0 bridgehead atoms. The van der Waals surface area contributed by atoms with Crippen molar-refractivity contribution in [1.82, 2.24) is 9.80 Å². The maximum absolute atomic E-state index is 12.5. The van der Waals surface area contributed by atoms with Crippen molar-refractivity contribution in [3.05, 3.63) is 76.4 Å². The van der Waals surface area contributed by atoms with E-state index in [9.17, 15) is 14.4 Å². The molecule has 0 atom stereocenters. The molecule has 1 aliphatic rings. The first-order chi connectivity index (χ1) is 16.0. The van der Waals surface area contributed by atoms with E-state index >= 15 is 0 Å². The first kappa shape index (κ1) is 25.0. The van der Waals surface area contributed by atoms with Crippen LogP contribution in [0.4, 0.5) is 4.79 Å². The minimum absolute atomic E-state index is 0.0675. The molecule has 0 radical (unpaired) electrons. The molecule has 1 saturated heterocycles. The van der Waals surface area contributed by atoms with Crippen molar-refractivity contribution in [2.75, 3.05) is 27.2 Å². The third-order valence-electron chi connectivity index (χ3n) is 5.63. The number of hydrogen-bond acceptors (Lipinski definition) is 4. The predicted molar refractivity (Wildman–Crippen MR) is 132 cm³/mol. The molecular weight excluding hydrogens is 430 g/mol. The highest BCUT2D eigenvalue weighted by Gasteiger charge is 2.26. The zero-order valence-corrected chi connectivity index (χ0v) is 20.6. The van der Waals surface area contributed by atoms with E-state index < -0.39 is 11.5 Å². The Morgan fingerprint density at radius 2 is 1.44 bits per heavy atom. The largest absolute Gasteiger partial charge is 0.444 e. The topological polar surface area (TPSA) is 92.9 Å². The Morgan fingerprint density at radius 3 is 1.97 bits per heavy atom. The highest BCUT2D eigenvalue weighted by molar-refractivity contribution is 5.96. The highest BCUT2D eigenvalue weighted by Crippen LogP contribution is 2.33. The molecule has 2 aromatic rings. The summed E-state index contributed by atoms with van der Waals surface area (Å²) in [6, 6.07) is 14.7. The van der Waals surface area contributed by atoms with Gasteiger partial charge in [-0.3, -0.25) is 9.59 Å². The van der Waals surface area contributed by atoms with Crippen molar-refractivity contribution in [3.63, 3.8) is 0 Å². The number of carbonyl (C=O) groups excluding carboxylic acids is 3. The molecule has 3 rings (SSSR count). The number of benzene rings is 2. The Balaban J connectivity index is 1.97. The number of primary amides is 1. The fourth-order valence-electron chi connectivity index (χ4n) is 3.98. The lowest BCUT2D eigenvalue weighted by Gasteiger charge is -2.32. The van der Waals surface area contributed by atoms with Crippen LogP contribution in [0.25, 0.3) is 5.57 Å². The smallest absolute Gasteiger partial charge is 0.410 e. The minimum atomic E-state index is -0.542. The molecule has 1 aliphatic heterocycles. The molecule has 0 aromatic heterocycles. The third-order valence-corrected chi connectivity index (χ3v) is 5.63. The number of amides is 3. The Kier molecular flexibility index (Phi) is 7.44. The van der Waals surface area contributed by atoms with Gasteiger partial charge >= 0.3 is 6.09 Å². The molecule has 0 spiro atoms. The van der Waals surface area contributed by atoms with E-state index in [0.717, 1.165) is 16.7 Å². The monoisotopic (exact) mass is 463 g/mol. The van der Waals surface area contributed by atoms with Crippen LogP contribution in [0.1, 0.15) is 65.5 Å². The number of nitrogens with two attached hydrogens (primary N) is 1. The number of nitrogens with zero attached hydrogens (tertiary/aromatic N) is 2. The summed E-state index contributed by atoms with van der Waals surface area (Å²) < 4.78 is 5.52. The maximum atomic E-state index is 12.5. The molecule has 0 unspecified atom stereocenters. The van der Waals surface area contributed by atoms with Crippen LogP contribution in [-0.2, 0) is 4.74 Å². The van der Waals surface area contributed by atoms with Crippen LogP contribution in [-0.4, -0.2) is 60.5 Å². The van der Waals surface area contributed by atoms with Gasteiger partial charge in [0.05, 0.1) is 0 Å². The van der Waals surface area contributed by atoms with Gasteiger partial charge in [0.15, 0.2) is 0 Å². The first-order valence-electron chi connectivity index (χ1n) is 11.4. The quantitative estimate of drug-likeness (QED) is 0.731. The van der Waals surface area contributed by atoms with E-state index in [1.165, 1.54) is 10.5 Å². The van der Waals surface area contributed by atoms with Crippen LogP contribution in [0.15, 0.2) is 54.1 Å². The molecule has 180 valence electrons. The van der Waals surface area contributed by atoms with Gasteiger partial charge < -0.3 is 20.3 Å². The number of hydrogen-bond donors (Lipinski definition) is 1. The summed E-state index contributed by atoms with van der Waals surface area (Å²) in [6.07, 6.45) is 1.04. The number of piperidine rings is 1. The lowest BCUT2D eigenvalue weighted by Crippen LogP contribution is -2.40. The zero-order valence-electron chi connectivity index (χ0n) is 20.6. The SMILES string of the molecule is CN(C)C(=O)c1ccc(C(=C2CCN(C(=O)OC(C)(C)C)CC2)c2cccc(C(N)=O)c2)cc1. The summed E-state index contributed by atoms with van der Waals surface area (Å²) in [7, 11) is 3.44. The molecule has 1 heterocycles. The van der Waals surface area contributed by atoms with Gasteiger partial charge in [0.1, 0.15) is 5.60 Å². The number of ether oxygens (including phenoxy) is 1. The van der Waals surface area contributed by atoms with Crippen molar-refractivity contribution in [3.8, 4) is 0 Å². The summed E-state index contributed by atoms with van der Waals surface area (Å²) in [6.45, 7) is 6.65. The second-order valence-electron chi connectivity index (χ2n) is 9.67. The highest BCUT2D eigenvalue weighted by atomic mass is 16.6. The molecule has 3 amide bonds. The van der Waals surface area contributed by atoms with Crippen molar-refractivity contribution in [1.29, 1.82) is 0 Å². The summed E-state index contributed by atoms with van der Waals surface area (Å²) in [4.78, 5) is 39.9. The van der Waals surface area contributed by atoms with E-state index in [0.29, 0.717) is 37.1 Å². The third kappa shape index (κ3) is 6.04. The van der Waals surface area contributed by atoms with E-state index in [1.807, 2.05) is 57.2 Å². The van der Waals surface area contributed by atoms with Gasteiger partial charge in [-0.25, -0.2) is 4.79 Å². The standard InChI is InChI=1S/C27H33N3O4/c1-27(2,3)34-26(33)30-15-13-19(14-16-30)23(21-7-6-8-22(17-21)24(28)31)18-9-11-20(12-10-18)25(32)29(4)5/h6-12,17H,13-16H2,1-5H3,(H2,28,31). The molecule has 7 heteroatoms. The van der Waals surface area contributed by atoms with E-state index in [2.05, 4.69) is 0 Å². The second kappa shape index (κ2) is 10.1. The summed E-state index contributed by atoms with van der Waals surface area (Å²) in [5.41, 5.74) is 10.0. The van der Waals surface area contributed by atoms with Crippen LogP contribution in [0.5, 0.6) is 0 Å². The number of rotatable bonds is 4. The molecule has 2 aromatic carbocycles. The van der Waals surface area contributed by atoms with Crippen molar-refractivity contribution in [2.45, 2.75) is 39.2 Å². The molecule has 0 saturated carbocycles. The van der Waals surface area contributed by atoms with Gasteiger partial charge in [-0.05, 0) is 74.6 Å². The molecular formula is C27H33N3O4. The Hall–Kier alpha value is -3.61. The van der Waals surface area contributed by atoms with Gasteiger partial charge in [0, 0.05) is 38.3 Å². The fraction of sp³-hybridized carbons (Fsp3) is 0.370. The van der Waals surface area contributed by atoms with Crippen LogP contribution in [0.2, 0.25) is 0 Å². The minimum Gasteiger partial charge on any atom is -0.444 e. The van der Waals surface area contributed by atoms with E-state index in [1.54, 1.807) is 31.1 Å². The Morgan fingerprint density at radius 1 is 0.882 bits per heavy atom. The normalized spacial score (nSPS) is 13.9. The van der Waals surface area contributed by atoms with Gasteiger partial charge in [0.2, 0.25) is 5.91 Å². The average molecular weight is 464 g/mol. The fourth-order valence-corrected chi connectivity index (χ4v) is 3.98. The van der Waals surface area contributed by atoms with Crippen LogP contribution < -0.4 is 5.73 Å². The molecule has 2 N–H and O–H groups in total. The Labute approximate surface area is 201 Å². The molecule has 34 heavy (non-hydrogen) atoms. The Bertz CT molecular complexity index is 1100. The van der Waals surface area contributed by atoms with Gasteiger partial charge in [-0.2, -0.15) is 0 Å². The van der Waals surface area contributed by atoms with E-state index in [4.69, 9.17) is 10.5 Å². The average Bonchev–Trinajstić information content (AvgIpc) is 2.78. The van der Waals surface area contributed by atoms with E-state index in [-0.39, 0.29) is 12.0 Å². The zero-order chi connectivity index (χ0) is 25.0. The molecule has 0 aliphatic carbocycles. The first-order valence-corrected chi connectivity index (χ1v) is 11.4. The number of likely N-dealkylation sites (tertiary alicyclic amines) is 1. The van der Waals surface area contributed by atoms with Crippen LogP contribution >= 0.6 is 0 Å². The lowest BCUT2D eigenvalue weighted by molar-refractivity contribution is 0.0236. The molecule has 7 nitrogen and oxygen atoms in total. The van der Waals surface area contributed by atoms with Crippen LogP contribution in [0, 0.1) is 0 Å². The molecule has 1 fully saturated rings. The van der Waals surface area contributed by atoms with Gasteiger partial charge in [-0.15, -0.1) is 0 Å². The van der Waals surface area contributed by atoms with Crippen molar-refractivity contribution < 1.29 is 19.1 Å². The van der Waals surface area contributed by atoms with Crippen molar-refractivity contribution in [2.24, 2.45) is 5.73 Å². The summed E-state index contributed by atoms with van der Waals surface area (Å²) in [5.74, 6) is -0.556. The summed E-state index contributed by atoms with van der Waals surface area (Å²) >= 11 is 0. The van der Waals surface area contributed by atoms with Gasteiger partial charge in [0.25, 0.3) is 5.91 Å². The lowest BCUT2D eigenvalue weighted by atomic mass is 9.87. The van der Waals surface area contributed by atoms with Gasteiger partial charge in [-0.1, -0.05) is 29.8 Å². The summed E-state index contributed by atoms with van der Waals surface area (Å²) in [5, 5.41) is 0. The van der Waals surface area contributed by atoms with Crippen molar-refractivity contribution >= 4 is 23.5 Å². The second-order valence-corrected chi connectivity index (χ2v) is 9.67.